The van der Waals surface area contributed by atoms with Crippen molar-refractivity contribution in [2.75, 3.05) is 0 Å². The zero-order valence-corrected chi connectivity index (χ0v) is 7.67. The van der Waals surface area contributed by atoms with Crippen LogP contribution in [-0.2, 0) is 0 Å². The number of rotatable bonds is 1. The minimum Gasteiger partial charge on any atom is -0.353 e. The molecule has 1 aromatic carbocycles. The van der Waals surface area contributed by atoms with Crippen LogP contribution in [0.5, 0.6) is 0 Å². The SMILES string of the molecule is O=Cc1cc2[nH]c3cc(F)ccc3c2[nH]1. The molecular weight excluding hydrogens is 195 g/mol. The number of H-pyrrole nitrogens is 2. The van der Waals surface area contributed by atoms with Crippen molar-refractivity contribution >= 4 is 28.2 Å². The molecule has 74 valence electrons. The Kier molecular flexibility index (Phi) is 1.48. The Morgan fingerprint density at radius 1 is 1.13 bits per heavy atom. The van der Waals surface area contributed by atoms with Gasteiger partial charge in [0.15, 0.2) is 6.29 Å². The summed E-state index contributed by atoms with van der Waals surface area (Å²) in [5, 5.41) is 0.888. The van der Waals surface area contributed by atoms with Gasteiger partial charge in [-0.15, -0.1) is 0 Å². The average molecular weight is 202 g/mol. The Morgan fingerprint density at radius 2 is 2.00 bits per heavy atom. The Bertz CT molecular complexity index is 666. The normalized spacial score (nSPS) is 11.3. The second-order valence-electron chi connectivity index (χ2n) is 3.45. The predicted octanol–water partition coefficient (Wildman–Crippen LogP) is 2.60. The van der Waals surface area contributed by atoms with Crippen molar-refractivity contribution < 1.29 is 9.18 Å². The van der Waals surface area contributed by atoms with E-state index in [1.165, 1.54) is 12.1 Å². The Morgan fingerprint density at radius 3 is 2.80 bits per heavy atom. The molecule has 0 unspecified atom stereocenters. The van der Waals surface area contributed by atoms with Crippen LogP contribution in [0.2, 0.25) is 0 Å². The van der Waals surface area contributed by atoms with Crippen molar-refractivity contribution in [2.45, 2.75) is 0 Å². The van der Waals surface area contributed by atoms with E-state index in [0.29, 0.717) is 5.69 Å². The highest BCUT2D eigenvalue weighted by atomic mass is 19.1. The van der Waals surface area contributed by atoms with Gasteiger partial charge in [-0.3, -0.25) is 4.79 Å². The molecule has 0 saturated carbocycles. The lowest BCUT2D eigenvalue weighted by Gasteiger charge is -1.90. The molecule has 3 aromatic rings. The summed E-state index contributed by atoms with van der Waals surface area (Å²) in [7, 11) is 0. The van der Waals surface area contributed by atoms with Gasteiger partial charge in [0, 0.05) is 5.39 Å². The Balaban J connectivity index is 2.45. The summed E-state index contributed by atoms with van der Waals surface area (Å²) < 4.78 is 12.9. The summed E-state index contributed by atoms with van der Waals surface area (Å²) in [5.74, 6) is -0.276. The summed E-state index contributed by atoms with van der Waals surface area (Å²) in [6, 6.07) is 6.23. The van der Waals surface area contributed by atoms with E-state index in [-0.39, 0.29) is 5.82 Å². The summed E-state index contributed by atoms with van der Waals surface area (Å²) in [6.07, 6.45) is 0.753. The van der Waals surface area contributed by atoms with E-state index in [9.17, 15) is 9.18 Å². The number of carbonyl (C=O) groups is 1. The molecule has 0 atom stereocenters. The molecule has 0 bridgehead atoms. The van der Waals surface area contributed by atoms with Gasteiger partial charge in [0.25, 0.3) is 0 Å². The number of aldehydes is 1. The Hall–Kier alpha value is -2.10. The second-order valence-corrected chi connectivity index (χ2v) is 3.45. The van der Waals surface area contributed by atoms with Gasteiger partial charge in [0.05, 0.1) is 22.2 Å². The van der Waals surface area contributed by atoms with Gasteiger partial charge in [0.1, 0.15) is 5.82 Å². The third-order valence-corrected chi connectivity index (χ3v) is 2.49. The summed E-state index contributed by atoms with van der Waals surface area (Å²) in [4.78, 5) is 16.6. The van der Waals surface area contributed by atoms with E-state index in [4.69, 9.17) is 0 Å². The summed E-state index contributed by atoms with van der Waals surface area (Å²) >= 11 is 0. The van der Waals surface area contributed by atoms with E-state index in [1.807, 2.05) is 0 Å². The molecule has 0 spiro atoms. The number of hydrogen-bond donors (Lipinski definition) is 2. The van der Waals surface area contributed by atoms with Crippen LogP contribution in [-0.4, -0.2) is 16.3 Å². The highest BCUT2D eigenvalue weighted by molar-refractivity contribution is 6.06. The number of fused-ring (bicyclic) bond motifs is 3. The van der Waals surface area contributed by atoms with Crippen molar-refractivity contribution in [1.82, 2.24) is 9.97 Å². The third-order valence-electron chi connectivity index (χ3n) is 2.49. The lowest BCUT2D eigenvalue weighted by Crippen LogP contribution is -1.77. The second kappa shape index (κ2) is 2.70. The molecule has 3 nitrogen and oxygen atoms in total. The van der Waals surface area contributed by atoms with Crippen molar-refractivity contribution in [3.8, 4) is 0 Å². The van der Waals surface area contributed by atoms with Crippen LogP contribution in [0.25, 0.3) is 21.9 Å². The first-order valence-electron chi connectivity index (χ1n) is 4.53. The lowest BCUT2D eigenvalue weighted by molar-refractivity contribution is 0.112. The number of hydrogen-bond acceptors (Lipinski definition) is 1. The Labute approximate surface area is 83.9 Å². The van der Waals surface area contributed by atoms with Crippen LogP contribution >= 0.6 is 0 Å². The molecule has 0 aliphatic carbocycles. The highest BCUT2D eigenvalue weighted by Gasteiger charge is 2.07. The van der Waals surface area contributed by atoms with E-state index in [1.54, 1.807) is 12.1 Å². The van der Waals surface area contributed by atoms with Crippen LogP contribution in [0.3, 0.4) is 0 Å². The van der Waals surface area contributed by atoms with Gasteiger partial charge in [0.2, 0.25) is 0 Å². The quantitative estimate of drug-likeness (QED) is 0.585. The molecule has 0 radical (unpaired) electrons. The van der Waals surface area contributed by atoms with E-state index < -0.39 is 0 Å². The molecule has 2 aromatic heterocycles. The van der Waals surface area contributed by atoms with Gasteiger partial charge >= 0.3 is 0 Å². The topological polar surface area (TPSA) is 48.6 Å². The summed E-state index contributed by atoms with van der Waals surface area (Å²) in [6.45, 7) is 0. The van der Waals surface area contributed by atoms with Gasteiger partial charge in [-0.2, -0.15) is 0 Å². The highest BCUT2D eigenvalue weighted by Crippen LogP contribution is 2.25. The maximum atomic E-state index is 12.9. The van der Waals surface area contributed by atoms with Crippen LogP contribution < -0.4 is 0 Å². The monoisotopic (exact) mass is 202 g/mol. The zero-order chi connectivity index (χ0) is 10.4. The molecule has 3 rings (SSSR count). The van der Waals surface area contributed by atoms with Crippen LogP contribution in [0.15, 0.2) is 24.3 Å². The maximum Gasteiger partial charge on any atom is 0.166 e. The minimum atomic E-state index is -0.276. The van der Waals surface area contributed by atoms with Crippen LogP contribution in [0.1, 0.15) is 10.5 Å². The largest absolute Gasteiger partial charge is 0.353 e. The number of aromatic amines is 2. The van der Waals surface area contributed by atoms with Crippen molar-refractivity contribution in [3.05, 3.63) is 35.8 Å². The van der Waals surface area contributed by atoms with E-state index in [0.717, 1.165) is 28.2 Å². The first kappa shape index (κ1) is 8.23. The van der Waals surface area contributed by atoms with Crippen LogP contribution in [0.4, 0.5) is 4.39 Å². The molecule has 2 heterocycles. The first-order chi connectivity index (χ1) is 7.28. The summed E-state index contributed by atoms with van der Waals surface area (Å²) in [5.41, 5.74) is 2.90. The fraction of sp³-hybridized carbons (Fsp3) is 0. The fourth-order valence-corrected chi connectivity index (χ4v) is 1.83. The molecule has 0 saturated heterocycles. The molecule has 4 heteroatoms. The standard InChI is InChI=1S/C11H7FN2O/c12-6-1-2-8-9(3-6)14-10-4-7(5-15)13-11(8)10/h1-5,13-14H. The number of benzene rings is 1. The number of carbonyl (C=O) groups excluding carboxylic acids is 1. The molecule has 2 N–H and O–H groups in total. The van der Waals surface area contributed by atoms with E-state index >= 15 is 0 Å². The first-order valence-corrected chi connectivity index (χ1v) is 4.53. The van der Waals surface area contributed by atoms with Gasteiger partial charge in [-0.25, -0.2) is 4.39 Å². The molecular formula is C11H7FN2O. The number of aromatic nitrogens is 2. The maximum absolute atomic E-state index is 12.9. The molecule has 0 fully saturated rings. The van der Waals surface area contributed by atoms with Crippen LogP contribution in [0, 0.1) is 5.82 Å². The molecule has 0 aliphatic rings. The average Bonchev–Trinajstić information content (AvgIpc) is 2.73. The molecule has 0 aliphatic heterocycles. The van der Waals surface area contributed by atoms with Gasteiger partial charge in [-0.1, -0.05) is 0 Å². The van der Waals surface area contributed by atoms with Gasteiger partial charge in [-0.05, 0) is 24.3 Å². The third kappa shape index (κ3) is 1.08. The zero-order valence-electron chi connectivity index (χ0n) is 7.67. The van der Waals surface area contributed by atoms with Crippen molar-refractivity contribution in [3.63, 3.8) is 0 Å². The lowest BCUT2D eigenvalue weighted by atomic mass is 10.2. The fourth-order valence-electron chi connectivity index (χ4n) is 1.83. The predicted molar refractivity (Wildman–Crippen MR) is 55.5 cm³/mol. The molecule has 15 heavy (non-hydrogen) atoms. The molecule has 0 amide bonds. The van der Waals surface area contributed by atoms with Gasteiger partial charge < -0.3 is 9.97 Å². The van der Waals surface area contributed by atoms with Crippen molar-refractivity contribution in [2.24, 2.45) is 0 Å². The van der Waals surface area contributed by atoms with Crippen molar-refractivity contribution in [1.29, 1.82) is 0 Å². The minimum absolute atomic E-state index is 0.276. The number of nitrogens with one attached hydrogen (secondary N) is 2. The van der Waals surface area contributed by atoms with E-state index in [2.05, 4.69) is 9.97 Å². The smallest absolute Gasteiger partial charge is 0.166 e. The number of halogens is 1.